The molecular weight excluding hydrogens is 1110 g/mol. The van der Waals surface area contributed by atoms with Crippen molar-refractivity contribution in [1.29, 1.82) is 0 Å². The summed E-state index contributed by atoms with van der Waals surface area (Å²) in [5, 5.41) is 0. The Morgan fingerprint density at radius 3 is 0.956 bits per heavy atom. The molecule has 0 spiro atoms. The lowest BCUT2D eigenvalue weighted by Crippen LogP contribution is -1.85. The average molecular weight is 1190 g/mol. The van der Waals surface area contributed by atoms with Crippen LogP contribution in [-0.4, -0.2) is 44.9 Å². The Morgan fingerprint density at radius 2 is 0.549 bits per heavy atom. The summed E-state index contributed by atoms with van der Waals surface area (Å²) in [6.07, 6.45) is 26.9. The van der Waals surface area contributed by atoms with E-state index in [0.717, 1.165) is 22.5 Å². The van der Waals surface area contributed by atoms with Gasteiger partial charge in [-0.25, -0.2) is 19.9 Å². The second-order valence-corrected chi connectivity index (χ2v) is 21.4. The lowest BCUT2D eigenvalue weighted by molar-refractivity contribution is 1.17. The molecule has 0 bridgehead atoms. The van der Waals surface area contributed by atoms with E-state index in [1.807, 2.05) is 129 Å². The maximum Gasteiger partial charge on any atom is 0.159 e. The fourth-order valence-electron chi connectivity index (χ4n) is 8.99. The summed E-state index contributed by atoms with van der Waals surface area (Å²) in [6, 6.07) is 80.8. The quantitative estimate of drug-likeness (QED) is 0.154. The molecule has 0 aliphatic rings. The molecule has 7 aromatic heterocycles. The average Bonchev–Trinajstić information content (AvgIpc) is 3.79. The fraction of sp³-hybridized carbons (Fsp3) is 0.0854. The molecule has 14 rings (SSSR count). The summed E-state index contributed by atoms with van der Waals surface area (Å²) >= 11 is 0. The number of aromatic nitrogens is 9. The van der Waals surface area contributed by atoms with Crippen molar-refractivity contribution in [2.45, 2.75) is 48.5 Å². The molecule has 0 saturated carbocycles. The van der Waals surface area contributed by atoms with Crippen molar-refractivity contribution in [2.24, 2.45) is 0 Å². The third-order valence-corrected chi connectivity index (χ3v) is 14.1. The Kier molecular flexibility index (Phi) is 25.8. The van der Waals surface area contributed by atoms with Crippen molar-refractivity contribution >= 4 is 0 Å². The van der Waals surface area contributed by atoms with E-state index in [0.29, 0.717) is 0 Å². The maximum atomic E-state index is 4.17. The van der Waals surface area contributed by atoms with E-state index >= 15 is 0 Å². The molecule has 7 heterocycles. The first kappa shape index (κ1) is 65.4. The van der Waals surface area contributed by atoms with Crippen LogP contribution in [-0.2, 0) is 0 Å². The van der Waals surface area contributed by atoms with Crippen LogP contribution in [0.2, 0.25) is 0 Å². The molecule has 0 N–H and O–H groups in total. The number of aryl methyl sites for hydroxylation is 7. The topological polar surface area (TPSA) is 116 Å². The van der Waals surface area contributed by atoms with Gasteiger partial charge in [0, 0.05) is 97.9 Å². The zero-order valence-corrected chi connectivity index (χ0v) is 52.7. The molecule has 9 nitrogen and oxygen atoms in total. The van der Waals surface area contributed by atoms with Crippen LogP contribution in [0.1, 0.15) is 38.9 Å². The smallest absolute Gasteiger partial charge is 0.159 e. The molecule has 0 amide bonds. The van der Waals surface area contributed by atoms with Crippen molar-refractivity contribution in [1.82, 2.24) is 44.9 Å². The van der Waals surface area contributed by atoms with E-state index in [4.69, 9.17) is 0 Å². The van der Waals surface area contributed by atoms with Crippen molar-refractivity contribution in [2.75, 3.05) is 0 Å². The largest absolute Gasteiger partial charge is 0.265 e. The van der Waals surface area contributed by atoms with Gasteiger partial charge in [-0.05, 0) is 170 Å². The van der Waals surface area contributed by atoms with Gasteiger partial charge >= 0.3 is 0 Å². The van der Waals surface area contributed by atoms with Gasteiger partial charge in [0.25, 0.3) is 0 Å². The molecule has 0 atom stereocenters. The highest BCUT2D eigenvalue weighted by Crippen LogP contribution is 2.24. The molecule has 0 unspecified atom stereocenters. The Labute approximate surface area is 537 Å². The van der Waals surface area contributed by atoms with Crippen LogP contribution in [0.3, 0.4) is 0 Å². The third kappa shape index (κ3) is 22.3. The minimum absolute atomic E-state index is 0.780. The summed E-state index contributed by atoms with van der Waals surface area (Å²) in [6.45, 7) is 14.6. The van der Waals surface area contributed by atoms with Gasteiger partial charge in [-0.3, -0.25) is 24.9 Å². The van der Waals surface area contributed by atoms with E-state index in [2.05, 4.69) is 263 Å². The summed E-state index contributed by atoms with van der Waals surface area (Å²) in [7, 11) is 0. The minimum atomic E-state index is 0.780. The lowest BCUT2D eigenvalue weighted by atomic mass is 10.0. The van der Waals surface area contributed by atoms with Crippen molar-refractivity contribution in [3.05, 3.63) is 369 Å². The number of hydrogen-bond acceptors (Lipinski definition) is 9. The summed E-state index contributed by atoms with van der Waals surface area (Å²) in [5.74, 6) is 0.780. The zero-order chi connectivity index (χ0) is 63.7. The Hall–Kier alpha value is -11.6. The van der Waals surface area contributed by atoms with Gasteiger partial charge in [0.15, 0.2) is 5.82 Å². The first-order chi connectivity index (χ1) is 44.5. The molecule has 0 aliphatic carbocycles. The van der Waals surface area contributed by atoms with Gasteiger partial charge in [-0.15, -0.1) is 0 Å². The molecular formula is C82H75N9. The molecule has 0 fully saturated rings. The molecule has 9 heteroatoms. The number of hydrogen-bond donors (Lipinski definition) is 0. The van der Waals surface area contributed by atoms with E-state index in [-0.39, 0.29) is 0 Å². The van der Waals surface area contributed by atoms with Gasteiger partial charge in [-0.2, -0.15) is 0 Å². The third-order valence-electron chi connectivity index (χ3n) is 14.1. The Balaban J connectivity index is 0.000000137. The Morgan fingerprint density at radius 1 is 0.198 bits per heavy atom. The number of rotatable bonds is 7. The van der Waals surface area contributed by atoms with Gasteiger partial charge in [0.2, 0.25) is 0 Å². The van der Waals surface area contributed by atoms with Crippen LogP contribution in [0.5, 0.6) is 0 Å². The van der Waals surface area contributed by atoms with Gasteiger partial charge in [0.1, 0.15) is 6.33 Å². The molecule has 0 saturated heterocycles. The minimum Gasteiger partial charge on any atom is -0.265 e. The van der Waals surface area contributed by atoms with Gasteiger partial charge in [0.05, 0.1) is 0 Å². The monoisotopic (exact) mass is 1190 g/mol. The van der Waals surface area contributed by atoms with Gasteiger partial charge in [-0.1, -0.05) is 215 Å². The van der Waals surface area contributed by atoms with Gasteiger partial charge < -0.3 is 0 Å². The molecule has 7 aromatic carbocycles. The standard InChI is InChI=1S/5C12H11N.2C11H10N2/c1-10-2-4-11(5-3-10)12-6-8-13-9-7-12;2*1-10-4-6-11(7-5-10)12-3-2-8-13-9-12;1-10-3-2-4-12(9-10)11-5-7-13-8-6-11;1-10-4-2-3-5-12(10)11-6-8-13-9-7-11;1-9-3-5-10(6-4-9)11-12-7-2-8-13-11;1-9-2-4-10(5-3-9)11-6-12-8-13-7-11/h5*2-9H,1H3;2*2-8H,1H3. The number of nitrogens with zero attached hydrogens (tertiary/aromatic N) is 9. The van der Waals surface area contributed by atoms with Crippen LogP contribution < -0.4 is 0 Å². The normalized spacial score (nSPS) is 9.92. The molecule has 0 radical (unpaired) electrons. The summed E-state index contributed by atoms with van der Waals surface area (Å²) in [5.41, 5.74) is 24.5. The molecule has 14 aromatic rings. The van der Waals surface area contributed by atoms with E-state index in [1.165, 1.54) is 101 Å². The highest BCUT2D eigenvalue weighted by molar-refractivity contribution is 5.68. The van der Waals surface area contributed by atoms with Crippen LogP contribution in [0.15, 0.2) is 330 Å². The second kappa shape index (κ2) is 35.9. The second-order valence-electron chi connectivity index (χ2n) is 21.4. The zero-order valence-electron chi connectivity index (χ0n) is 52.7. The van der Waals surface area contributed by atoms with E-state index < -0.39 is 0 Å². The van der Waals surface area contributed by atoms with Crippen LogP contribution in [0.25, 0.3) is 78.1 Å². The van der Waals surface area contributed by atoms with Crippen LogP contribution >= 0.6 is 0 Å². The molecule has 448 valence electrons. The predicted octanol–water partition coefficient (Wildman–Crippen LogP) is 20.2. The number of benzene rings is 7. The highest BCUT2D eigenvalue weighted by Gasteiger charge is 2.02. The number of pyridine rings is 5. The van der Waals surface area contributed by atoms with Crippen molar-refractivity contribution in [3.63, 3.8) is 0 Å². The fourth-order valence-corrected chi connectivity index (χ4v) is 8.99. The van der Waals surface area contributed by atoms with Crippen molar-refractivity contribution < 1.29 is 0 Å². The highest BCUT2D eigenvalue weighted by atomic mass is 14.8. The van der Waals surface area contributed by atoms with Crippen LogP contribution in [0, 0.1) is 48.5 Å². The first-order valence-electron chi connectivity index (χ1n) is 30.0. The maximum absolute atomic E-state index is 4.17. The van der Waals surface area contributed by atoms with E-state index in [9.17, 15) is 0 Å². The van der Waals surface area contributed by atoms with Crippen LogP contribution in [0.4, 0.5) is 0 Å². The Bertz CT molecular complexity index is 3790. The lowest BCUT2D eigenvalue weighted by Gasteiger charge is -2.03. The molecule has 91 heavy (non-hydrogen) atoms. The SMILES string of the molecule is Cc1ccc(-c2cccnc2)cc1.Cc1ccc(-c2cccnc2)cc1.Cc1ccc(-c2ccncc2)cc1.Cc1ccc(-c2cncnc2)cc1.Cc1ccc(-c2ncccn2)cc1.Cc1cccc(-c2ccncc2)c1.Cc1ccccc1-c1ccncc1. The van der Waals surface area contributed by atoms with Crippen molar-refractivity contribution in [3.8, 4) is 78.1 Å². The summed E-state index contributed by atoms with van der Waals surface area (Å²) < 4.78 is 0. The first-order valence-corrected chi connectivity index (χ1v) is 30.0. The summed E-state index contributed by atoms with van der Waals surface area (Å²) in [4.78, 5) is 36.4. The van der Waals surface area contributed by atoms with E-state index in [1.54, 1.807) is 24.8 Å². The molecule has 0 aliphatic heterocycles. The predicted molar refractivity (Wildman–Crippen MR) is 376 cm³/mol.